The van der Waals surface area contributed by atoms with Gasteiger partial charge in [0.1, 0.15) is 12.3 Å². The Bertz CT molecular complexity index is 1220. The third-order valence-electron chi connectivity index (χ3n) is 8.40. The van der Waals surface area contributed by atoms with Crippen molar-refractivity contribution in [2.45, 2.75) is 5.60 Å². The molecule has 13 nitrogen and oxygen atoms in total. The van der Waals surface area contributed by atoms with Crippen molar-refractivity contribution in [2.24, 2.45) is 0 Å². The van der Waals surface area contributed by atoms with Crippen molar-refractivity contribution in [3.8, 4) is 0 Å². The van der Waals surface area contributed by atoms with Crippen molar-refractivity contribution in [2.75, 3.05) is 172 Å². The van der Waals surface area contributed by atoms with E-state index in [1.807, 2.05) is 54.6 Å². The molecule has 0 fully saturated rings. The van der Waals surface area contributed by atoms with Crippen molar-refractivity contribution in [3.63, 3.8) is 0 Å². The predicted molar refractivity (Wildman–Crippen MR) is 221 cm³/mol. The first-order valence-electron chi connectivity index (χ1n) is 20.7. The number of alkyl halides is 1. The van der Waals surface area contributed by atoms with E-state index >= 15 is 0 Å². The lowest BCUT2D eigenvalue weighted by atomic mass is 9.80. The molecule has 0 heterocycles. The molecule has 3 aromatic carbocycles. The lowest BCUT2D eigenvalue weighted by Gasteiger charge is -2.36. The average Bonchev–Trinajstić information content (AvgIpc) is 3.28. The van der Waals surface area contributed by atoms with Gasteiger partial charge < -0.3 is 61.6 Å². The summed E-state index contributed by atoms with van der Waals surface area (Å²) in [4.78, 5) is 0. The minimum Gasteiger partial charge on any atom is -0.377 e. The highest BCUT2D eigenvalue weighted by Gasteiger charge is 2.37. The first-order chi connectivity index (χ1) is 29.4. The molecule has 0 bridgehead atoms. The van der Waals surface area contributed by atoms with Crippen LogP contribution in [0, 0.1) is 0 Å². The van der Waals surface area contributed by atoms with Gasteiger partial charge in [0.05, 0.1) is 165 Å². The van der Waals surface area contributed by atoms with Crippen LogP contribution in [0.4, 0.5) is 4.39 Å². The zero-order valence-electron chi connectivity index (χ0n) is 34.7. The highest BCUT2D eigenvalue weighted by atomic mass is 19.1. The second-order valence-electron chi connectivity index (χ2n) is 12.7. The quantitative estimate of drug-likeness (QED) is 0.0553. The number of ether oxygens (including phenoxy) is 13. The second-order valence-corrected chi connectivity index (χ2v) is 12.7. The van der Waals surface area contributed by atoms with Gasteiger partial charge >= 0.3 is 0 Å². The monoisotopic (exact) mass is 834 g/mol. The fourth-order valence-electron chi connectivity index (χ4n) is 5.60. The van der Waals surface area contributed by atoms with Crippen LogP contribution >= 0.6 is 0 Å². The summed E-state index contributed by atoms with van der Waals surface area (Å²) < 4.78 is 84.4. The number of halogens is 1. The fourth-order valence-corrected chi connectivity index (χ4v) is 5.60. The van der Waals surface area contributed by atoms with Crippen molar-refractivity contribution < 1.29 is 66.0 Å². The summed E-state index contributed by atoms with van der Waals surface area (Å²) in [5.41, 5.74) is 2.43. The maximum atomic E-state index is 11.9. The summed E-state index contributed by atoms with van der Waals surface area (Å²) in [6.45, 7) is 11.0. The summed E-state index contributed by atoms with van der Waals surface area (Å²) in [5, 5.41) is 0. The Morgan fingerprint density at radius 1 is 0.254 bits per heavy atom. The molecule has 0 radical (unpaired) electrons. The first-order valence-corrected chi connectivity index (χ1v) is 20.7. The van der Waals surface area contributed by atoms with E-state index in [-0.39, 0.29) is 6.61 Å². The molecular formula is C45H67FO13. The van der Waals surface area contributed by atoms with Crippen molar-refractivity contribution in [1.82, 2.24) is 0 Å². The van der Waals surface area contributed by atoms with Gasteiger partial charge in [0, 0.05) is 0 Å². The van der Waals surface area contributed by atoms with Gasteiger partial charge in [-0.3, -0.25) is 0 Å². The third-order valence-corrected chi connectivity index (χ3v) is 8.40. The Morgan fingerprint density at radius 3 is 0.644 bits per heavy atom. The van der Waals surface area contributed by atoms with Gasteiger partial charge in [0.15, 0.2) is 0 Å². The highest BCUT2D eigenvalue weighted by molar-refractivity contribution is 5.47. The van der Waals surface area contributed by atoms with Crippen LogP contribution in [0.15, 0.2) is 91.0 Å². The van der Waals surface area contributed by atoms with Crippen LogP contribution in [-0.2, 0) is 67.2 Å². The predicted octanol–water partition coefficient (Wildman–Crippen LogP) is 5.16. The van der Waals surface area contributed by atoms with E-state index in [2.05, 4.69) is 36.4 Å². The van der Waals surface area contributed by atoms with Gasteiger partial charge in [0.2, 0.25) is 0 Å². The fraction of sp³-hybridized carbons (Fsp3) is 0.600. The number of rotatable bonds is 42. The molecule has 3 rings (SSSR count). The molecule has 0 spiro atoms. The van der Waals surface area contributed by atoms with Crippen LogP contribution < -0.4 is 0 Å². The molecule has 0 aliphatic rings. The second kappa shape index (κ2) is 36.9. The molecule has 59 heavy (non-hydrogen) atoms. The van der Waals surface area contributed by atoms with E-state index in [0.29, 0.717) is 159 Å². The lowest BCUT2D eigenvalue weighted by molar-refractivity contribution is -0.0399. The Hall–Kier alpha value is -2.93. The molecule has 0 N–H and O–H groups in total. The Balaban J connectivity index is 1.02. The van der Waals surface area contributed by atoms with Crippen molar-refractivity contribution >= 4 is 0 Å². The van der Waals surface area contributed by atoms with E-state index < -0.39 is 12.3 Å². The lowest BCUT2D eigenvalue weighted by Crippen LogP contribution is -2.34. The van der Waals surface area contributed by atoms with Crippen LogP contribution in [0.2, 0.25) is 0 Å². The highest BCUT2D eigenvalue weighted by Crippen LogP contribution is 2.40. The summed E-state index contributed by atoms with van der Waals surface area (Å²) in [5.74, 6) is 0. The van der Waals surface area contributed by atoms with E-state index in [1.54, 1.807) is 0 Å². The number of hydrogen-bond acceptors (Lipinski definition) is 13. The molecule has 0 aliphatic heterocycles. The molecule has 0 aromatic heterocycles. The van der Waals surface area contributed by atoms with E-state index in [4.69, 9.17) is 61.6 Å². The molecule has 3 aromatic rings. The van der Waals surface area contributed by atoms with Gasteiger partial charge in [-0.2, -0.15) is 0 Å². The molecule has 0 aliphatic carbocycles. The van der Waals surface area contributed by atoms with Gasteiger partial charge in [-0.1, -0.05) is 91.0 Å². The van der Waals surface area contributed by atoms with Gasteiger partial charge in [-0.15, -0.1) is 0 Å². The molecule has 0 saturated heterocycles. The van der Waals surface area contributed by atoms with E-state index in [1.165, 1.54) is 0 Å². The largest absolute Gasteiger partial charge is 0.377 e. The molecule has 0 saturated carbocycles. The van der Waals surface area contributed by atoms with Crippen LogP contribution in [0.25, 0.3) is 0 Å². The maximum absolute atomic E-state index is 11.9. The zero-order chi connectivity index (χ0) is 41.4. The normalized spacial score (nSPS) is 11.7. The summed E-state index contributed by atoms with van der Waals surface area (Å²) in [7, 11) is 0. The first kappa shape index (κ1) is 50.4. The molecular weight excluding hydrogens is 767 g/mol. The molecule has 0 atom stereocenters. The third kappa shape index (κ3) is 24.2. The van der Waals surface area contributed by atoms with Gasteiger partial charge in [-0.05, 0) is 16.7 Å². The standard InChI is InChI=1S/C45H67FO13/c46-16-17-47-18-19-48-20-21-49-22-23-50-24-25-51-26-27-52-28-29-53-30-31-54-32-33-55-34-35-56-36-37-57-38-39-58-40-41-59-45(42-10-4-1-5-11-42,43-12-6-2-7-13-43)44-14-8-3-9-15-44/h1-15H,16-41H2. The smallest absolute Gasteiger partial charge is 0.143 e. The summed E-state index contributed by atoms with van der Waals surface area (Å²) in [6, 6.07) is 30.9. The molecule has 0 unspecified atom stereocenters. The average molecular weight is 835 g/mol. The van der Waals surface area contributed by atoms with Crippen LogP contribution in [0.3, 0.4) is 0 Å². The molecule has 332 valence electrons. The Labute approximate surface area is 350 Å². The van der Waals surface area contributed by atoms with Crippen molar-refractivity contribution in [1.29, 1.82) is 0 Å². The topological polar surface area (TPSA) is 120 Å². The minimum absolute atomic E-state index is 0.109. The van der Waals surface area contributed by atoms with Crippen LogP contribution in [0.5, 0.6) is 0 Å². The minimum atomic E-state index is -0.757. The summed E-state index contributed by atoms with van der Waals surface area (Å²) >= 11 is 0. The van der Waals surface area contributed by atoms with Crippen molar-refractivity contribution in [3.05, 3.63) is 108 Å². The number of benzene rings is 3. The SMILES string of the molecule is FCCOCCOCCOCCOCCOCCOCCOCCOCCOCCOCCOCCOCCOC(c1ccccc1)(c1ccccc1)c1ccccc1. The van der Waals surface area contributed by atoms with Gasteiger partial charge in [-0.25, -0.2) is 4.39 Å². The van der Waals surface area contributed by atoms with E-state index in [9.17, 15) is 4.39 Å². The molecule has 14 heteroatoms. The van der Waals surface area contributed by atoms with E-state index in [0.717, 1.165) is 16.7 Å². The van der Waals surface area contributed by atoms with Crippen LogP contribution in [0.1, 0.15) is 16.7 Å². The van der Waals surface area contributed by atoms with Crippen LogP contribution in [-0.4, -0.2) is 172 Å². The molecule has 0 amide bonds. The number of hydrogen-bond donors (Lipinski definition) is 0. The Morgan fingerprint density at radius 2 is 0.441 bits per heavy atom. The maximum Gasteiger partial charge on any atom is 0.143 e. The Kier molecular flexibility index (Phi) is 31.5. The summed E-state index contributed by atoms with van der Waals surface area (Å²) in [6.07, 6.45) is 0. The van der Waals surface area contributed by atoms with Gasteiger partial charge in [0.25, 0.3) is 0 Å². The zero-order valence-corrected chi connectivity index (χ0v) is 34.7.